The molecule has 0 unspecified atom stereocenters. The van der Waals surface area contributed by atoms with E-state index >= 15 is 0 Å². The number of hydrogen-bond acceptors (Lipinski definition) is 2. The van der Waals surface area contributed by atoms with E-state index in [0.717, 1.165) is 0 Å². The molecule has 0 aromatic heterocycles. The Bertz CT molecular complexity index is 209. The molecule has 0 atom stereocenters. The highest BCUT2D eigenvalue weighted by molar-refractivity contribution is 5.76. The van der Waals surface area contributed by atoms with E-state index < -0.39 is 17.5 Å². The lowest BCUT2D eigenvalue weighted by atomic mass is 9.60. The number of carboxylic acid groups (broad SMARTS) is 1. The van der Waals surface area contributed by atoms with Crippen LogP contribution >= 0.6 is 0 Å². The SMILES string of the molecule is CC(C)(C)CC1(C(=O)O)CC(O)C1. The van der Waals surface area contributed by atoms with Gasteiger partial charge < -0.3 is 10.2 Å². The van der Waals surface area contributed by atoms with Gasteiger partial charge in [-0.05, 0) is 24.7 Å². The van der Waals surface area contributed by atoms with Crippen molar-refractivity contribution in [3.63, 3.8) is 0 Å². The first-order valence-electron chi connectivity index (χ1n) is 4.67. The normalized spacial score (nSPS) is 34.0. The molecule has 0 bridgehead atoms. The van der Waals surface area contributed by atoms with Crippen molar-refractivity contribution >= 4 is 5.97 Å². The summed E-state index contributed by atoms with van der Waals surface area (Å²) in [6.07, 6.45) is 1.07. The molecule has 0 spiro atoms. The summed E-state index contributed by atoms with van der Waals surface area (Å²) in [6, 6.07) is 0. The molecule has 2 N–H and O–H groups in total. The zero-order valence-corrected chi connectivity index (χ0v) is 8.50. The predicted octanol–water partition coefficient (Wildman–Crippen LogP) is 1.65. The van der Waals surface area contributed by atoms with Gasteiger partial charge in [-0.25, -0.2) is 0 Å². The van der Waals surface area contributed by atoms with E-state index in [0.29, 0.717) is 19.3 Å². The van der Waals surface area contributed by atoms with Gasteiger partial charge in [-0.15, -0.1) is 0 Å². The first kappa shape index (κ1) is 10.5. The summed E-state index contributed by atoms with van der Waals surface area (Å²) >= 11 is 0. The van der Waals surface area contributed by atoms with Crippen LogP contribution in [0.2, 0.25) is 0 Å². The van der Waals surface area contributed by atoms with E-state index in [1.165, 1.54) is 0 Å². The second-order valence-electron chi connectivity index (χ2n) is 5.38. The molecule has 0 heterocycles. The molecule has 1 fully saturated rings. The minimum atomic E-state index is -0.757. The molecule has 1 aliphatic rings. The van der Waals surface area contributed by atoms with Gasteiger partial charge >= 0.3 is 5.97 Å². The summed E-state index contributed by atoms with van der Waals surface area (Å²) in [6.45, 7) is 6.09. The molecule has 13 heavy (non-hydrogen) atoms. The van der Waals surface area contributed by atoms with Crippen LogP contribution in [0.5, 0.6) is 0 Å². The zero-order valence-electron chi connectivity index (χ0n) is 8.50. The largest absolute Gasteiger partial charge is 0.481 e. The molecular weight excluding hydrogens is 168 g/mol. The Hall–Kier alpha value is -0.570. The van der Waals surface area contributed by atoms with Gasteiger partial charge in [0.2, 0.25) is 0 Å². The number of aliphatic hydroxyl groups is 1. The quantitative estimate of drug-likeness (QED) is 0.689. The fourth-order valence-electron chi connectivity index (χ4n) is 2.25. The average Bonchev–Trinajstić information content (AvgIpc) is 1.79. The number of carboxylic acids is 1. The van der Waals surface area contributed by atoms with Crippen molar-refractivity contribution in [3.05, 3.63) is 0 Å². The van der Waals surface area contributed by atoms with Crippen molar-refractivity contribution in [3.8, 4) is 0 Å². The maximum atomic E-state index is 11.0. The summed E-state index contributed by atoms with van der Waals surface area (Å²) in [4.78, 5) is 11.0. The summed E-state index contributed by atoms with van der Waals surface area (Å²) in [5.74, 6) is -0.757. The molecule has 3 nitrogen and oxygen atoms in total. The Morgan fingerprint density at radius 2 is 1.92 bits per heavy atom. The highest BCUT2D eigenvalue weighted by Gasteiger charge is 2.51. The van der Waals surface area contributed by atoms with Crippen molar-refractivity contribution in [1.29, 1.82) is 0 Å². The summed E-state index contributed by atoms with van der Waals surface area (Å²) in [5, 5.41) is 18.2. The van der Waals surface area contributed by atoms with Gasteiger partial charge in [0.15, 0.2) is 0 Å². The minimum Gasteiger partial charge on any atom is -0.481 e. The van der Waals surface area contributed by atoms with Crippen molar-refractivity contribution in [2.75, 3.05) is 0 Å². The lowest BCUT2D eigenvalue weighted by Gasteiger charge is -2.45. The summed E-state index contributed by atoms with van der Waals surface area (Å²) in [5.41, 5.74) is -0.643. The summed E-state index contributed by atoms with van der Waals surface area (Å²) in [7, 11) is 0. The van der Waals surface area contributed by atoms with Gasteiger partial charge in [-0.2, -0.15) is 0 Å². The van der Waals surface area contributed by atoms with Crippen LogP contribution in [0.25, 0.3) is 0 Å². The molecule has 76 valence electrons. The summed E-state index contributed by atoms with van der Waals surface area (Å²) < 4.78 is 0. The standard InChI is InChI=1S/C10H18O3/c1-9(2,3)6-10(8(12)13)4-7(11)5-10/h7,11H,4-6H2,1-3H3,(H,12,13). The molecule has 0 aliphatic heterocycles. The Morgan fingerprint density at radius 3 is 2.15 bits per heavy atom. The van der Waals surface area contributed by atoms with Gasteiger partial charge in [-0.1, -0.05) is 20.8 Å². The molecule has 0 aromatic rings. The Balaban J connectivity index is 2.66. The highest BCUT2D eigenvalue weighted by Crippen LogP contribution is 2.49. The van der Waals surface area contributed by atoms with E-state index in [1.807, 2.05) is 20.8 Å². The van der Waals surface area contributed by atoms with Crippen LogP contribution in [0.4, 0.5) is 0 Å². The van der Waals surface area contributed by atoms with Gasteiger partial charge in [0.05, 0.1) is 11.5 Å². The maximum absolute atomic E-state index is 11.0. The third-order valence-corrected chi connectivity index (χ3v) is 2.58. The second kappa shape index (κ2) is 2.98. The first-order chi connectivity index (χ1) is 5.75. The van der Waals surface area contributed by atoms with E-state index in [4.69, 9.17) is 10.2 Å². The Kier molecular flexibility index (Phi) is 2.41. The fourth-order valence-corrected chi connectivity index (χ4v) is 2.25. The van der Waals surface area contributed by atoms with Crippen LogP contribution in [0.15, 0.2) is 0 Å². The smallest absolute Gasteiger partial charge is 0.309 e. The van der Waals surface area contributed by atoms with Crippen molar-refractivity contribution < 1.29 is 15.0 Å². The zero-order chi connectivity index (χ0) is 10.3. The minimum absolute atomic E-state index is 0.0124. The second-order valence-corrected chi connectivity index (χ2v) is 5.38. The molecule has 3 heteroatoms. The molecule has 0 amide bonds. The van der Waals surface area contributed by atoms with Gasteiger partial charge in [0.1, 0.15) is 0 Å². The molecule has 1 saturated carbocycles. The topological polar surface area (TPSA) is 57.5 Å². The van der Waals surface area contributed by atoms with E-state index in [-0.39, 0.29) is 5.41 Å². The maximum Gasteiger partial charge on any atom is 0.309 e. The number of aliphatic hydroxyl groups excluding tert-OH is 1. The molecule has 0 saturated heterocycles. The highest BCUT2D eigenvalue weighted by atomic mass is 16.4. The van der Waals surface area contributed by atoms with Crippen molar-refractivity contribution in [2.45, 2.75) is 46.1 Å². The molecular formula is C10H18O3. The van der Waals surface area contributed by atoms with Gasteiger partial charge in [0.25, 0.3) is 0 Å². The molecule has 0 aromatic carbocycles. The molecule has 1 aliphatic carbocycles. The molecule has 0 radical (unpaired) electrons. The van der Waals surface area contributed by atoms with E-state index in [9.17, 15) is 4.79 Å². The number of carbonyl (C=O) groups is 1. The first-order valence-corrected chi connectivity index (χ1v) is 4.67. The van der Waals surface area contributed by atoms with E-state index in [1.54, 1.807) is 0 Å². The lowest BCUT2D eigenvalue weighted by Crippen LogP contribution is -2.48. The van der Waals surface area contributed by atoms with Crippen LogP contribution in [0.1, 0.15) is 40.0 Å². The number of rotatable bonds is 2. The van der Waals surface area contributed by atoms with Gasteiger partial charge in [0, 0.05) is 0 Å². The third kappa shape index (κ3) is 2.21. The average molecular weight is 186 g/mol. The van der Waals surface area contributed by atoms with Crippen LogP contribution in [0, 0.1) is 10.8 Å². The van der Waals surface area contributed by atoms with Crippen LogP contribution in [0.3, 0.4) is 0 Å². The number of aliphatic carboxylic acids is 1. The lowest BCUT2D eigenvalue weighted by molar-refractivity contribution is -0.166. The van der Waals surface area contributed by atoms with Gasteiger partial charge in [-0.3, -0.25) is 4.79 Å². The fraction of sp³-hybridized carbons (Fsp3) is 0.900. The van der Waals surface area contributed by atoms with Crippen LogP contribution < -0.4 is 0 Å². The predicted molar refractivity (Wildman–Crippen MR) is 49.4 cm³/mol. The van der Waals surface area contributed by atoms with Crippen LogP contribution in [-0.4, -0.2) is 22.3 Å². The third-order valence-electron chi connectivity index (χ3n) is 2.58. The number of hydrogen-bond donors (Lipinski definition) is 2. The Labute approximate surface area is 78.8 Å². The Morgan fingerprint density at radius 1 is 1.46 bits per heavy atom. The van der Waals surface area contributed by atoms with Crippen molar-refractivity contribution in [1.82, 2.24) is 0 Å². The molecule has 1 rings (SSSR count). The van der Waals surface area contributed by atoms with Crippen molar-refractivity contribution in [2.24, 2.45) is 10.8 Å². The van der Waals surface area contributed by atoms with E-state index in [2.05, 4.69) is 0 Å². The monoisotopic (exact) mass is 186 g/mol. The van der Waals surface area contributed by atoms with Crippen LogP contribution in [-0.2, 0) is 4.79 Å².